The van der Waals surface area contributed by atoms with Crippen molar-refractivity contribution in [2.45, 2.75) is 0 Å². The van der Waals surface area contributed by atoms with Crippen LogP contribution in [-0.4, -0.2) is 41.8 Å². The lowest BCUT2D eigenvalue weighted by molar-refractivity contribution is -0.123. The average Bonchev–Trinajstić information content (AvgIpc) is 2.66. The molecule has 0 spiro atoms. The molecule has 3 N–H and O–H groups in total. The van der Waals surface area contributed by atoms with Crippen LogP contribution in [0.15, 0.2) is 60.9 Å². The van der Waals surface area contributed by atoms with Crippen LogP contribution in [0, 0.1) is 4.64 Å². The number of nitrogens with zero attached hydrogens (tertiary/aromatic N) is 3. The molecule has 1 heterocycles. The van der Waals surface area contributed by atoms with Gasteiger partial charge < -0.3 is 0 Å². The summed E-state index contributed by atoms with van der Waals surface area (Å²) in [5, 5.41) is 5.70. The summed E-state index contributed by atoms with van der Waals surface area (Å²) in [6.07, 6.45) is 1.46. The minimum atomic E-state index is -4.03. The van der Waals surface area contributed by atoms with Gasteiger partial charge in [0.25, 0.3) is 10.9 Å². The van der Waals surface area contributed by atoms with Crippen LogP contribution < -0.4 is 15.3 Å². The number of thiocarbonyl (C=S) groups is 1. The van der Waals surface area contributed by atoms with E-state index >= 15 is 0 Å². The van der Waals surface area contributed by atoms with E-state index in [0.717, 1.165) is 0 Å². The fourth-order valence-electron chi connectivity index (χ4n) is 2.84. The Hall–Kier alpha value is -2.57. The third kappa shape index (κ3) is 4.54. The smallest absolute Gasteiger partial charge is 0.269 e. The van der Waals surface area contributed by atoms with Gasteiger partial charge in [-0.25, -0.2) is 18.5 Å². The number of para-hydroxylation sites is 1. The van der Waals surface area contributed by atoms with E-state index in [1.54, 1.807) is 31.3 Å². The van der Waals surface area contributed by atoms with Crippen molar-refractivity contribution in [3.8, 4) is 0 Å². The number of nitrogens with two attached hydrogens (primary N) is 1. The molecule has 0 saturated carbocycles. The molecule has 0 fully saturated rings. The van der Waals surface area contributed by atoms with Crippen LogP contribution >= 0.6 is 24.4 Å². The number of carbonyl (C=O) groups is 1. The van der Waals surface area contributed by atoms with Gasteiger partial charge in [0.15, 0.2) is 11.0 Å². The molecule has 1 amide bonds. The van der Waals surface area contributed by atoms with Crippen molar-refractivity contribution in [2.24, 2.45) is 5.14 Å². The number of sulfonamides is 1. The molecule has 0 aliphatic heterocycles. The highest BCUT2D eigenvalue weighted by Crippen LogP contribution is 2.17. The first-order valence-corrected chi connectivity index (χ1v) is 10.9. The molecule has 0 aliphatic carbocycles. The summed E-state index contributed by atoms with van der Waals surface area (Å²) in [6, 6.07) is 16.3. The van der Waals surface area contributed by atoms with Crippen molar-refractivity contribution < 1.29 is 13.2 Å². The second kappa shape index (κ2) is 8.05. The molecule has 1 aromatic heterocycles. The molecule has 29 heavy (non-hydrogen) atoms. The molecule has 0 aliphatic rings. The second-order valence-corrected chi connectivity index (χ2v) is 8.77. The summed E-state index contributed by atoms with van der Waals surface area (Å²) in [5.41, 5.74) is 3.96. The average molecular weight is 449 g/mol. The van der Waals surface area contributed by atoms with Crippen LogP contribution in [-0.2, 0) is 14.8 Å². The summed E-state index contributed by atoms with van der Waals surface area (Å²) < 4.78 is 24.1. The molecule has 2 aromatic carbocycles. The molecule has 0 bridgehead atoms. The van der Waals surface area contributed by atoms with E-state index in [4.69, 9.17) is 29.6 Å². The van der Waals surface area contributed by atoms with Gasteiger partial charge in [-0.2, -0.15) is 5.43 Å². The van der Waals surface area contributed by atoms with E-state index in [1.807, 2.05) is 30.3 Å². The number of hydrogen-bond donors (Lipinski definition) is 2. The Balaban J connectivity index is 2.18. The monoisotopic (exact) mass is 448 g/mol. The Morgan fingerprint density at radius 1 is 1.17 bits per heavy atom. The summed E-state index contributed by atoms with van der Waals surface area (Å²) in [6.45, 7) is 0. The maximum atomic E-state index is 12.4. The molecule has 3 rings (SSSR count). The molecular formula is C18H18N5O3S3+. The summed E-state index contributed by atoms with van der Waals surface area (Å²) in [7, 11) is -2.44. The van der Waals surface area contributed by atoms with Crippen molar-refractivity contribution >= 4 is 56.3 Å². The first-order chi connectivity index (χ1) is 13.6. The topological polar surface area (TPSA) is 107 Å². The number of rotatable bonds is 4. The highest BCUT2D eigenvalue weighted by Gasteiger charge is 2.36. The molecule has 11 heteroatoms. The predicted molar refractivity (Wildman–Crippen MR) is 118 cm³/mol. The number of hydrogen-bond acceptors (Lipinski definition) is 6. The number of fused-ring (bicyclic) bond motifs is 1. The van der Waals surface area contributed by atoms with Gasteiger partial charge in [-0.3, -0.25) is 4.79 Å². The molecule has 3 aromatic rings. The first-order valence-electron chi connectivity index (χ1n) is 8.37. The number of amides is 1. The third-order valence-electron chi connectivity index (χ3n) is 4.17. The quantitative estimate of drug-likeness (QED) is 0.356. The van der Waals surface area contributed by atoms with Crippen LogP contribution in [0.4, 0.5) is 0 Å². The highest BCUT2D eigenvalue weighted by atomic mass is 32.2. The fourth-order valence-corrected chi connectivity index (χ4v) is 3.92. The number of primary sulfonamides is 1. The zero-order chi connectivity index (χ0) is 21.2. The van der Waals surface area contributed by atoms with Gasteiger partial charge in [0, 0.05) is 5.39 Å². The predicted octanol–water partition coefficient (Wildman–Crippen LogP) is 1.53. The van der Waals surface area contributed by atoms with Crippen LogP contribution in [0.3, 0.4) is 0 Å². The molecule has 8 nitrogen and oxygen atoms in total. The lowest BCUT2D eigenvalue weighted by atomic mass is 10.2. The second-order valence-electron chi connectivity index (χ2n) is 6.38. The lowest BCUT2D eigenvalue weighted by Gasteiger charge is -2.33. The number of benzene rings is 2. The van der Waals surface area contributed by atoms with Crippen LogP contribution in [0.5, 0.6) is 0 Å². The van der Waals surface area contributed by atoms with Gasteiger partial charge in [0.2, 0.25) is 10.0 Å². The van der Waals surface area contributed by atoms with Gasteiger partial charge in [0.05, 0.1) is 11.1 Å². The maximum absolute atomic E-state index is 12.4. The minimum absolute atomic E-state index is 0.279. The SMILES string of the molecule is C[N+](NC(=O)CS(N)(=O)=O)(C(=S)c1ccccc1)n1cnc2ccccc2c1=S. The summed E-state index contributed by atoms with van der Waals surface area (Å²) >= 11 is 11.3. The van der Waals surface area contributed by atoms with Gasteiger partial charge in [-0.05, 0) is 36.5 Å². The van der Waals surface area contributed by atoms with E-state index in [-0.39, 0.29) is 4.99 Å². The Morgan fingerprint density at radius 2 is 1.79 bits per heavy atom. The van der Waals surface area contributed by atoms with E-state index in [0.29, 0.717) is 21.1 Å². The Labute approximate surface area is 178 Å². The van der Waals surface area contributed by atoms with Gasteiger partial charge in [0.1, 0.15) is 12.8 Å². The molecule has 150 valence electrons. The van der Waals surface area contributed by atoms with Crippen molar-refractivity contribution in [1.29, 1.82) is 0 Å². The largest absolute Gasteiger partial charge is 0.284 e. The zero-order valence-electron chi connectivity index (χ0n) is 15.3. The third-order valence-corrected chi connectivity index (χ3v) is 5.83. The van der Waals surface area contributed by atoms with Gasteiger partial charge >= 0.3 is 0 Å². The van der Waals surface area contributed by atoms with Crippen LogP contribution in [0.1, 0.15) is 5.56 Å². The molecule has 0 radical (unpaired) electrons. The Kier molecular flexibility index (Phi) is 5.87. The number of aromatic nitrogens is 2. The van der Waals surface area contributed by atoms with E-state index < -0.39 is 26.4 Å². The van der Waals surface area contributed by atoms with Gasteiger partial charge in [-0.1, -0.05) is 47.3 Å². The molecule has 0 saturated heterocycles. The number of carbonyl (C=O) groups excluding carboxylic acids is 1. The standard InChI is InChI=1S/C18H17N5O3S3/c1-23(21-16(24)11-29(19,25)26,18(28)13-7-3-2-4-8-13)22-12-20-15-10-6-5-9-14(15)17(22)27/h2-10,12H,11H2,1H3,(H2-,19,21,24,25,26)/p+1. The molecular weight excluding hydrogens is 430 g/mol. The number of nitrogens with one attached hydrogen (secondary N) is 1. The van der Waals surface area contributed by atoms with Crippen LogP contribution in [0.25, 0.3) is 10.9 Å². The Bertz CT molecular complexity index is 1260. The van der Waals surface area contributed by atoms with Crippen molar-refractivity contribution in [3.05, 3.63) is 71.1 Å². The van der Waals surface area contributed by atoms with Crippen molar-refractivity contribution in [3.63, 3.8) is 0 Å². The van der Waals surface area contributed by atoms with Crippen LogP contribution in [0.2, 0.25) is 0 Å². The fraction of sp³-hybridized carbons (Fsp3) is 0.111. The lowest BCUT2D eigenvalue weighted by Crippen LogP contribution is -2.69. The van der Waals surface area contributed by atoms with Gasteiger partial charge in [-0.15, -0.1) is 4.68 Å². The molecule has 1 unspecified atom stereocenters. The normalized spacial score (nSPS) is 13.6. The van der Waals surface area contributed by atoms with E-state index in [1.165, 1.54) is 11.0 Å². The zero-order valence-corrected chi connectivity index (χ0v) is 17.8. The summed E-state index contributed by atoms with van der Waals surface area (Å²) in [4.78, 5) is 17.1. The maximum Gasteiger partial charge on any atom is 0.284 e. The van der Waals surface area contributed by atoms with Crippen molar-refractivity contribution in [1.82, 2.24) is 19.8 Å². The Morgan fingerprint density at radius 3 is 2.45 bits per heavy atom. The minimum Gasteiger partial charge on any atom is -0.269 e. The van der Waals surface area contributed by atoms with Crippen molar-refractivity contribution in [2.75, 3.05) is 12.8 Å². The molecule has 1 atom stereocenters. The van der Waals surface area contributed by atoms with E-state index in [2.05, 4.69) is 10.4 Å². The van der Waals surface area contributed by atoms with E-state index in [9.17, 15) is 13.2 Å². The number of quaternary nitrogens is 1. The summed E-state index contributed by atoms with van der Waals surface area (Å²) in [5.74, 6) is -1.73. The highest BCUT2D eigenvalue weighted by molar-refractivity contribution is 7.89. The first kappa shape index (κ1) is 21.1.